The molecular weight excluding hydrogens is 264 g/mol. The van der Waals surface area contributed by atoms with Crippen molar-refractivity contribution in [1.82, 2.24) is 18.7 Å². The van der Waals surface area contributed by atoms with Crippen LogP contribution in [0.2, 0.25) is 0 Å². The summed E-state index contributed by atoms with van der Waals surface area (Å²) in [5, 5.41) is 3.99. The van der Waals surface area contributed by atoms with Gasteiger partial charge in [-0.3, -0.25) is 4.68 Å². The van der Waals surface area contributed by atoms with E-state index in [1.807, 2.05) is 13.0 Å². The highest BCUT2D eigenvalue weighted by Gasteiger charge is 2.21. The molecular formula is C12H12N4O2S. The molecule has 3 aromatic rings. The first-order chi connectivity index (χ1) is 9.13. The zero-order chi connectivity index (χ0) is 13.5. The lowest BCUT2D eigenvalue weighted by molar-refractivity contribution is 0.588. The van der Waals surface area contributed by atoms with Gasteiger partial charge in [0.1, 0.15) is 11.2 Å². The van der Waals surface area contributed by atoms with E-state index >= 15 is 0 Å². The minimum absolute atomic E-state index is 0.164. The number of benzene rings is 1. The Morgan fingerprint density at radius 1 is 1.26 bits per heavy atom. The van der Waals surface area contributed by atoms with Crippen molar-refractivity contribution in [1.29, 1.82) is 0 Å². The van der Waals surface area contributed by atoms with E-state index in [0.29, 0.717) is 17.6 Å². The Balaban J connectivity index is 2.19. The molecule has 0 saturated heterocycles. The molecule has 3 rings (SSSR count). The predicted molar refractivity (Wildman–Crippen MR) is 70.2 cm³/mol. The molecule has 0 fully saturated rings. The molecule has 0 saturated carbocycles. The van der Waals surface area contributed by atoms with Crippen molar-refractivity contribution in [2.24, 2.45) is 0 Å². The number of para-hydroxylation sites is 2. The van der Waals surface area contributed by atoms with Crippen LogP contribution >= 0.6 is 0 Å². The smallest absolute Gasteiger partial charge is 0.272 e. The fraction of sp³-hybridized carbons (Fsp3) is 0.167. The van der Waals surface area contributed by atoms with Gasteiger partial charge in [-0.05, 0) is 19.1 Å². The molecule has 0 unspecified atom stereocenters. The Morgan fingerprint density at radius 2 is 2.05 bits per heavy atom. The van der Waals surface area contributed by atoms with E-state index in [1.165, 1.54) is 22.7 Å². The van der Waals surface area contributed by atoms with E-state index in [-0.39, 0.29) is 4.90 Å². The lowest BCUT2D eigenvalue weighted by Gasteiger charge is -2.03. The number of fused-ring (bicyclic) bond motifs is 1. The van der Waals surface area contributed by atoms with Crippen molar-refractivity contribution in [3.8, 4) is 0 Å². The standard InChI is InChI=1S/C12H12N4O2S/c1-2-15-8-10(7-14-15)19(17,18)16-9-13-11-5-3-4-6-12(11)16/h3-9H,2H2,1H3. The van der Waals surface area contributed by atoms with E-state index in [4.69, 9.17) is 0 Å². The van der Waals surface area contributed by atoms with Crippen LogP contribution in [0, 0.1) is 0 Å². The molecule has 0 bridgehead atoms. The largest absolute Gasteiger partial charge is 0.272 e. The van der Waals surface area contributed by atoms with E-state index < -0.39 is 10.0 Å². The minimum atomic E-state index is -3.64. The highest BCUT2D eigenvalue weighted by molar-refractivity contribution is 7.90. The highest BCUT2D eigenvalue weighted by Crippen LogP contribution is 2.19. The Labute approximate surface area is 110 Å². The third-order valence-electron chi connectivity index (χ3n) is 2.91. The minimum Gasteiger partial charge on any atom is -0.272 e. The molecule has 7 heteroatoms. The average molecular weight is 276 g/mol. The van der Waals surface area contributed by atoms with Crippen LogP contribution in [0.25, 0.3) is 11.0 Å². The lowest BCUT2D eigenvalue weighted by atomic mass is 10.3. The summed E-state index contributed by atoms with van der Waals surface area (Å²) in [6, 6.07) is 7.11. The molecule has 0 atom stereocenters. The first-order valence-electron chi connectivity index (χ1n) is 5.83. The van der Waals surface area contributed by atoms with Crippen LogP contribution in [-0.2, 0) is 16.6 Å². The quantitative estimate of drug-likeness (QED) is 0.726. The number of aryl methyl sites for hydroxylation is 1. The molecule has 1 aromatic carbocycles. The molecule has 2 aromatic heterocycles. The Hall–Kier alpha value is -2.15. The zero-order valence-corrected chi connectivity index (χ0v) is 11.1. The maximum atomic E-state index is 12.5. The molecule has 0 spiro atoms. The van der Waals surface area contributed by atoms with Gasteiger partial charge >= 0.3 is 0 Å². The topological polar surface area (TPSA) is 69.8 Å². The predicted octanol–water partition coefficient (Wildman–Crippen LogP) is 1.49. The summed E-state index contributed by atoms with van der Waals surface area (Å²) in [6.45, 7) is 2.52. The van der Waals surface area contributed by atoms with Gasteiger partial charge in [0.2, 0.25) is 0 Å². The monoisotopic (exact) mass is 276 g/mol. The Bertz CT molecular complexity index is 832. The van der Waals surface area contributed by atoms with Crippen LogP contribution < -0.4 is 0 Å². The molecule has 0 N–H and O–H groups in total. The molecule has 0 radical (unpaired) electrons. The Morgan fingerprint density at radius 3 is 2.79 bits per heavy atom. The van der Waals surface area contributed by atoms with Crippen molar-refractivity contribution in [2.45, 2.75) is 18.4 Å². The van der Waals surface area contributed by atoms with E-state index in [2.05, 4.69) is 10.1 Å². The molecule has 6 nitrogen and oxygen atoms in total. The normalized spacial score (nSPS) is 12.1. The number of hydrogen-bond acceptors (Lipinski definition) is 4. The van der Waals surface area contributed by atoms with Gasteiger partial charge in [0.05, 0.1) is 17.2 Å². The first-order valence-corrected chi connectivity index (χ1v) is 7.27. The van der Waals surface area contributed by atoms with Crippen molar-refractivity contribution in [3.63, 3.8) is 0 Å². The van der Waals surface area contributed by atoms with Crippen molar-refractivity contribution in [2.75, 3.05) is 0 Å². The number of rotatable bonds is 3. The van der Waals surface area contributed by atoms with E-state index in [1.54, 1.807) is 22.9 Å². The molecule has 0 aliphatic rings. The number of nitrogens with zero attached hydrogens (tertiary/aromatic N) is 4. The second-order valence-corrected chi connectivity index (χ2v) is 5.88. The van der Waals surface area contributed by atoms with Crippen molar-refractivity contribution < 1.29 is 8.42 Å². The van der Waals surface area contributed by atoms with Crippen LogP contribution in [0.5, 0.6) is 0 Å². The SMILES string of the molecule is CCn1cc(S(=O)(=O)n2cnc3ccccc32)cn1. The first kappa shape index (κ1) is 11.9. The van der Waals surface area contributed by atoms with E-state index in [9.17, 15) is 8.42 Å². The van der Waals surface area contributed by atoms with Gasteiger partial charge < -0.3 is 0 Å². The van der Waals surface area contributed by atoms with Crippen LogP contribution in [0.3, 0.4) is 0 Å². The summed E-state index contributed by atoms with van der Waals surface area (Å²) in [7, 11) is -3.64. The van der Waals surface area contributed by atoms with E-state index in [0.717, 1.165) is 0 Å². The van der Waals surface area contributed by atoms with Gasteiger partial charge in [-0.2, -0.15) is 5.10 Å². The van der Waals surface area contributed by atoms with Gasteiger partial charge in [-0.1, -0.05) is 12.1 Å². The summed E-state index contributed by atoms with van der Waals surface area (Å²) in [6.07, 6.45) is 4.20. The fourth-order valence-corrected chi connectivity index (χ4v) is 3.14. The van der Waals surface area contributed by atoms with Crippen LogP contribution in [-0.4, -0.2) is 27.2 Å². The number of hydrogen-bond donors (Lipinski definition) is 0. The fourth-order valence-electron chi connectivity index (χ4n) is 1.89. The molecule has 0 aliphatic carbocycles. The summed E-state index contributed by atoms with van der Waals surface area (Å²) < 4.78 is 27.8. The van der Waals surface area contributed by atoms with Crippen molar-refractivity contribution in [3.05, 3.63) is 43.0 Å². The lowest BCUT2D eigenvalue weighted by Crippen LogP contribution is -2.11. The second kappa shape index (κ2) is 4.20. The third kappa shape index (κ3) is 1.82. The van der Waals surface area contributed by atoms with Gasteiger partial charge in [-0.15, -0.1) is 0 Å². The van der Waals surface area contributed by atoms with Crippen LogP contribution in [0.15, 0.2) is 47.9 Å². The third-order valence-corrected chi connectivity index (χ3v) is 4.53. The Kier molecular flexibility index (Phi) is 2.63. The van der Waals surface area contributed by atoms with Gasteiger partial charge in [-0.25, -0.2) is 17.4 Å². The number of imidazole rings is 1. The highest BCUT2D eigenvalue weighted by atomic mass is 32.2. The molecule has 19 heavy (non-hydrogen) atoms. The molecule has 2 heterocycles. The maximum absolute atomic E-state index is 12.5. The summed E-state index contributed by atoms with van der Waals surface area (Å²) in [5.74, 6) is 0. The van der Waals surface area contributed by atoms with Crippen LogP contribution in [0.4, 0.5) is 0 Å². The van der Waals surface area contributed by atoms with Crippen molar-refractivity contribution >= 4 is 21.1 Å². The van der Waals surface area contributed by atoms with Gasteiger partial charge in [0.25, 0.3) is 10.0 Å². The summed E-state index contributed by atoms with van der Waals surface area (Å²) >= 11 is 0. The average Bonchev–Trinajstić information content (AvgIpc) is 3.06. The molecule has 0 aliphatic heterocycles. The molecule has 0 amide bonds. The second-order valence-electron chi connectivity index (χ2n) is 4.07. The zero-order valence-electron chi connectivity index (χ0n) is 10.3. The van der Waals surface area contributed by atoms with Crippen LogP contribution in [0.1, 0.15) is 6.92 Å². The molecule has 98 valence electrons. The maximum Gasteiger partial charge on any atom is 0.272 e. The summed E-state index contributed by atoms with van der Waals surface area (Å²) in [5.41, 5.74) is 1.21. The van der Waals surface area contributed by atoms with Gasteiger partial charge in [0, 0.05) is 12.7 Å². The summed E-state index contributed by atoms with van der Waals surface area (Å²) in [4.78, 5) is 4.26. The van der Waals surface area contributed by atoms with Gasteiger partial charge in [0.15, 0.2) is 0 Å². The number of aromatic nitrogens is 4.